The Labute approximate surface area is 113 Å². The van der Waals surface area contributed by atoms with Gasteiger partial charge in [0.25, 0.3) is 0 Å². The van der Waals surface area contributed by atoms with E-state index in [1.807, 2.05) is 11.3 Å². The van der Waals surface area contributed by atoms with Gasteiger partial charge in [-0.15, -0.1) is 11.3 Å². The SMILES string of the molecule is CCc1c(CNC2CC2)sc2c(C)cc(C)cc12. The van der Waals surface area contributed by atoms with Crippen LogP contribution in [0.15, 0.2) is 12.1 Å². The van der Waals surface area contributed by atoms with Crippen LogP contribution in [0.3, 0.4) is 0 Å². The van der Waals surface area contributed by atoms with Crippen molar-refractivity contribution in [1.29, 1.82) is 0 Å². The molecule has 0 aliphatic heterocycles. The summed E-state index contributed by atoms with van der Waals surface area (Å²) in [6.45, 7) is 7.78. The first-order valence-electron chi connectivity index (χ1n) is 6.94. The summed E-state index contributed by atoms with van der Waals surface area (Å²) >= 11 is 1.99. The van der Waals surface area contributed by atoms with Gasteiger partial charge in [0.05, 0.1) is 0 Å². The monoisotopic (exact) mass is 259 g/mol. The van der Waals surface area contributed by atoms with Crippen LogP contribution in [0.25, 0.3) is 10.1 Å². The molecule has 0 bridgehead atoms. The zero-order chi connectivity index (χ0) is 12.7. The van der Waals surface area contributed by atoms with Gasteiger partial charge < -0.3 is 5.32 Å². The van der Waals surface area contributed by atoms with Crippen LogP contribution in [0.5, 0.6) is 0 Å². The molecule has 0 spiro atoms. The highest BCUT2D eigenvalue weighted by Crippen LogP contribution is 2.35. The predicted molar refractivity (Wildman–Crippen MR) is 80.5 cm³/mol. The fraction of sp³-hybridized carbons (Fsp3) is 0.500. The Kier molecular flexibility index (Phi) is 3.16. The molecular weight excluding hydrogens is 238 g/mol. The van der Waals surface area contributed by atoms with E-state index < -0.39 is 0 Å². The van der Waals surface area contributed by atoms with E-state index >= 15 is 0 Å². The van der Waals surface area contributed by atoms with Crippen molar-refractivity contribution >= 4 is 21.4 Å². The highest BCUT2D eigenvalue weighted by atomic mass is 32.1. The first-order chi connectivity index (χ1) is 8.69. The first kappa shape index (κ1) is 12.2. The maximum Gasteiger partial charge on any atom is 0.0378 e. The summed E-state index contributed by atoms with van der Waals surface area (Å²) in [6, 6.07) is 5.46. The largest absolute Gasteiger partial charge is 0.309 e. The Morgan fingerprint density at radius 2 is 2.06 bits per heavy atom. The zero-order valence-corrected chi connectivity index (χ0v) is 12.3. The molecule has 1 aromatic heterocycles. The summed E-state index contributed by atoms with van der Waals surface area (Å²) in [5.41, 5.74) is 4.38. The summed E-state index contributed by atoms with van der Waals surface area (Å²) < 4.78 is 1.49. The molecule has 96 valence electrons. The van der Waals surface area contributed by atoms with Crippen LogP contribution >= 0.6 is 11.3 Å². The number of rotatable bonds is 4. The van der Waals surface area contributed by atoms with Crippen LogP contribution in [0, 0.1) is 13.8 Å². The van der Waals surface area contributed by atoms with Gasteiger partial charge in [-0.05, 0) is 49.6 Å². The third-order valence-corrected chi connectivity index (χ3v) is 5.17. The number of fused-ring (bicyclic) bond motifs is 1. The topological polar surface area (TPSA) is 12.0 Å². The summed E-state index contributed by atoms with van der Waals surface area (Å²) in [6.07, 6.45) is 3.87. The zero-order valence-electron chi connectivity index (χ0n) is 11.5. The van der Waals surface area contributed by atoms with E-state index in [0.29, 0.717) is 0 Å². The van der Waals surface area contributed by atoms with Crippen LogP contribution in [-0.2, 0) is 13.0 Å². The summed E-state index contributed by atoms with van der Waals surface area (Å²) in [5, 5.41) is 5.15. The molecule has 2 heteroatoms. The molecule has 18 heavy (non-hydrogen) atoms. The smallest absolute Gasteiger partial charge is 0.0378 e. The average molecular weight is 259 g/mol. The van der Waals surface area contributed by atoms with Gasteiger partial charge in [-0.2, -0.15) is 0 Å². The van der Waals surface area contributed by atoms with Gasteiger partial charge in [0.1, 0.15) is 0 Å². The van der Waals surface area contributed by atoms with Gasteiger partial charge in [-0.25, -0.2) is 0 Å². The second-order valence-corrected chi connectivity index (χ2v) is 6.58. The van der Waals surface area contributed by atoms with Crippen molar-refractivity contribution in [2.75, 3.05) is 0 Å². The quantitative estimate of drug-likeness (QED) is 0.861. The molecule has 1 aromatic carbocycles. The Hall–Kier alpha value is -0.860. The second kappa shape index (κ2) is 4.67. The molecule has 3 rings (SSSR count). The minimum absolute atomic E-state index is 0.794. The Bertz CT molecular complexity index is 578. The average Bonchev–Trinajstić information content (AvgIpc) is 3.08. The maximum absolute atomic E-state index is 3.65. The molecule has 0 unspecified atom stereocenters. The van der Waals surface area contributed by atoms with Crippen molar-refractivity contribution in [1.82, 2.24) is 5.32 Å². The highest BCUT2D eigenvalue weighted by Gasteiger charge is 2.21. The molecule has 1 aliphatic carbocycles. The van der Waals surface area contributed by atoms with Crippen LogP contribution in [-0.4, -0.2) is 6.04 Å². The van der Waals surface area contributed by atoms with Crippen LogP contribution in [0.4, 0.5) is 0 Å². The number of hydrogen-bond acceptors (Lipinski definition) is 2. The minimum Gasteiger partial charge on any atom is -0.309 e. The molecule has 1 saturated carbocycles. The third-order valence-electron chi connectivity index (χ3n) is 3.79. The lowest BCUT2D eigenvalue weighted by Gasteiger charge is -2.03. The van der Waals surface area contributed by atoms with Gasteiger partial charge in [0, 0.05) is 22.2 Å². The van der Waals surface area contributed by atoms with E-state index in [0.717, 1.165) is 19.0 Å². The third kappa shape index (κ3) is 2.19. The minimum atomic E-state index is 0.794. The lowest BCUT2D eigenvalue weighted by Crippen LogP contribution is -2.15. The molecule has 1 aliphatic rings. The Morgan fingerprint density at radius 1 is 1.28 bits per heavy atom. The van der Waals surface area contributed by atoms with Crippen molar-refractivity contribution in [2.45, 2.75) is 52.6 Å². The van der Waals surface area contributed by atoms with Crippen LogP contribution in [0.2, 0.25) is 0 Å². The Balaban J connectivity index is 2.04. The number of hydrogen-bond donors (Lipinski definition) is 1. The van der Waals surface area contributed by atoms with E-state index in [2.05, 4.69) is 38.2 Å². The van der Waals surface area contributed by atoms with E-state index in [1.54, 1.807) is 10.4 Å². The lowest BCUT2D eigenvalue weighted by atomic mass is 10.0. The number of benzene rings is 1. The van der Waals surface area contributed by atoms with Crippen molar-refractivity contribution < 1.29 is 0 Å². The fourth-order valence-corrected chi connectivity index (χ4v) is 4.00. The molecule has 0 saturated heterocycles. The highest BCUT2D eigenvalue weighted by molar-refractivity contribution is 7.19. The lowest BCUT2D eigenvalue weighted by molar-refractivity contribution is 0.692. The van der Waals surface area contributed by atoms with Gasteiger partial charge in [-0.3, -0.25) is 0 Å². The Morgan fingerprint density at radius 3 is 2.72 bits per heavy atom. The molecule has 0 atom stereocenters. The van der Waals surface area contributed by atoms with Gasteiger partial charge >= 0.3 is 0 Å². The number of aryl methyl sites for hydroxylation is 3. The summed E-state index contributed by atoms with van der Waals surface area (Å²) in [5.74, 6) is 0. The van der Waals surface area contributed by atoms with Crippen molar-refractivity contribution in [3.63, 3.8) is 0 Å². The second-order valence-electron chi connectivity index (χ2n) is 5.47. The summed E-state index contributed by atoms with van der Waals surface area (Å²) in [7, 11) is 0. The van der Waals surface area contributed by atoms with Crippen molar-refractivity contribution in [3.8, 4) is 0 Å². The predicted octanol–water partition coefficient (Wildman–Crippen LogP) is 4.33. The van der Waals surface area contributed by atoms with Crippen molar-refractivity contribution in [2.24, 2.45) is 0 Å². The molecule has 1 fully saturated rings. The summed E-state index contributed by atoms with van der Waals surface area (Å²) in [4.78, 5) is 1.55. The normalized spacial score (nSPS) is 15.5. The maximum atomic E-state index is 3.65. The molecule has 1 heterocycles. The van der Waals surface area contributed by atoms with Gasteiger partial charge in [0.15, 0.2) is 0 Å². The van der Waals surface area contributed by atoms with E-state index in [1.165, 1.54) is 34.1 Å². The van der Waals surface area contributed by atoms with Crippen LogP contribution < -0.4 is 5.32 Å². The van der Waals surface area contributed by atoms with Crippen molar-refractivity contribution in [3.05, 3.63) is 33.7 Å². The molecule has 0 radical (unpaired) electrons. The number of nitrogens with one attached hydrogen (secondary N) is 1. The van der Waals surface area contributed by atoms with Crippen LogP contribution in [0.1, 0.15) is 41.3 Å². The molecule has 1 N–H and O–H groups in total. The molecule has 2 aromatic rings. The first-order valence-corrected chi connectivity index (χ1v) is 7.75. The standard InChI is InChI=1S/C16H21NS/c1-4-13-14-8-10(2)7-11(3)16(14)18-15(13)9-17-12-5-6-12/h7-8,12,17H,4-6,9H2,1-3H3. The molecule has 0 amide bonds. The van der Waals surface area contributed by atoms with E-state index in [4.69, 9.17) is 0 Å². The van der Waals surface area contributed by atoms with E-state index in [-0.39, 0.29) is 0 Å². The van der Waals surface area contributed by atoms with E-state index in [9.17, 15) is 0 Å². The number of thiophene rings is 1. The molecule has 1 nitrogen and oxygen atoms in total. The van der Waals surface area contributed by atoms with Gasteiger partial charge in [0.2, 0.25) is 0 Å². The fourth-order valence-electron chi connectivity index (χ4n) is 2.70. The molecular formula is C16H21NS. The van der Waals surface area contributed by atoms with Gasteiger partial charge in [-0.1, -0.05) is 24.6 Å².